The molecule has 0 aromatic heterocycles. The molecule has 0 spiro atoms. The van der Waals surface area contributed by atoms with Gasteiger partial charge in [0, 0.05) is 11.5 Å². The zero-order chi connectivity index (χ0) is 23.4. The fraction of sp³-hybridized carbons (Fsp3) is 0.310. The highest BCUT2D eigenvalue weighted by Crippen LogP contribution is 2.34. The van der Waals surface area contributed by atoms with Gasteiger partial charge < -0.3 is 4.74 Å². The number of benzene rings is 3. The fourth-order valence-electron chi connectivity index (χ4n) is 4.55. The van der Waals surface area contributed by atoms with Crippen molar-refractivity contribution in [2.75, 3.05) is 6.61 Å². The van der Waals surface area contributed by atoms with E-state index in [4.69, 9.17) is 4.74 Å². The lowest BCUT2D eigenvalue weighted by molar-refractivity contribution is -0.000784. The number of hydrogen-bond donors (Lipinski definition) is 0. The van der Waals surface area contributed by atoms with Crippen molar-refractivity contribution in [3.63, 3.8) is 0 Å². The van der Waals surface area contributed by atoms with Crippen LogP contribution in [0.1, 0.15) is 49.7 Å². The second-order valence-corrected chi connectivity index (χ2v) is 8.66. The molecule has 1 fully saturated rings. The first-order valence-corrected chi connectivity index (χ1v) is 11.6. The third-order valence-corrected chi connectivity index (χ3v) is 6.58. The number of rotatable bonds is 7. The Morgan fingerprint density at radius 2 is 1.64 bits per heavy atom. The van der Waals surface area contributed by atoms with Crippen molar-refractivity contribution in [1.29, 1.82) is 0 Å². The maximum atomic E-state index is 15.0. The molecule has 3 aromatic rings. The first-order chi connectivity index (χ1) is 16.0. The second kappa shape index (κ2) is 10.4. The Bertz CT molecular complexity index is 1110. The van der Waals surface area contributed by atoms with Gasteiger partial charge in [0.1, 0.15) is 5.82 Å². The molecule has 1 aliphatic rings. The van der Waals surface area contributed by atoms with Gasteiger partial charge in [-0.25, -0.2) is 13.2 Å². The number of allylic oxidation sites excluding steroid dienone is 1. The minimum Gasteiger partial charge on any atom is -0.378 e. The van der Waals surface area contributed by atoms with Crippen LogP contribution in [0.3, 0.4) is 0 Å². The quantitative estimate of drug-likeness (QED) is 0.329. The van der Waals surface area contributed by atoms with E-state index < -0.39 is 11.6 Å². The smallest absolute Gasteiger partial charge is 0.166 e. The van der Waals surface area contributed by atoms with Crippen LogP contribution in [0.4, 0.5) is 13.2 Å². The minimum atomic E-state index is -0.834. The van der Waals surface area contributed by atoms with Crippen LogP contribution < -0.4 is 0 Å². The molecule has 0 radical (unpaired) electrons. The summed E-state index contributed by atoms with van der Waals surface area (Å²) in [6.07, 6.45) is 6.30. The van der Waals surface area contributed by atoms with Crippen LogP contribution in [-0.4, -0.2) is 12.7 Å². The van der Waals surface area contributed by atoms with E-state index in [1.54, 1.807) is 37.3 Å². The van der Waals surface area contributed by atoms with Crippen molar-refractivity contribution in [2.24, 2.45) is 0 Å². The van der Waals surface area contributed by atoms with Crippen LogP contribution >= 0.6 is 0 Å². The van der Waals surface area contributed by atoms with E-state index in [2.05, 4.69) is 6.58 Å². The van der Waals surface area contributed by atoms with Crippen LogP contribution in [0.2, 0.25) is 0 Å². The SMILES string of the molecule is C=CCCC1CCC(c2ccc(-c3ccc(-c4ccc(CC)c(F)c4F)cc3)cc2F)CO1. The second-order valence-electron chi connectivity index (χ2n) is 8.66. The summed E-state index contributed by atoms with van der Waals surface area (Å²) in [7, 11) is 0. The number of halogens is 3. The lowest BCUT2D eigenvalue weighted by atomic mass is 9.89. The normalized spacial score (nSPS) is 18.3. The summed E-state index contributed by atoms with van der Waals surface area (Å²) in [6.45, 7) is 6.07. The van der Waals surface area contributed by atoms with E-state index in [0.717, 1.165) is 36.8 Å². The summed E-state index contributed by atoms with van der Waals surface area (Å²) in [5, 5.41) is 0. The van der Waals surface area contributed by atoms with E-state index in [1.165, 1.54) is 0 Å². The molecule has 1 heterocycles. The van der Waals surface area contributed by atoms with Crippen molar-refractivity contribution in [1.82, 2.24) is 0 Å². The number of ether oxygens (including phenoxy) is 1. The van der Waals surface area contributed by atoms with Crippen LogP contribution in [-0.2, 0) is 11.2 Å². The van der Waals surface area contributed by atoms with Crippen LogP contribution in [0.5, 0.6) is 0 Å². The minimum absolute atomic E-state index is 0.0605. The molecule has 3 aromatic carbocycles. The van der Waals surface area contributed by atoms with Gasteiger partial charge >= 0.3 is 0 Å². The van der Waals surface area contributed by atoms with Gasteiger partial charge in [-0.05, 0) is 66.0 Å². The third-order valence-electron chi connectivity index (χ3n) is 6.58. The Balaban J connectivity index is 1.49. The Kier molecular flexibility index (Phi) is 7.34. The van der Waals surface area contributed by atoms with Crippen molar-refractivity contribution in [3.8, 4) is 22.3 Å². The summed E-state index contributed by atoms with van der Waals surface area (Å²) in [5.41, 5.74) is 3.42. The van der Waals surface area contributed by atoms with Gasteiger partial charge in [0.15, 0.2) is 11.6 Å². The lowest BCUT2D eigenvalue weighted by Gasteiger charge is -2.29. The molecule has 4 heteroatoms. The average Bonchev–Trinajstić information content (AvgIpc) is 2.85. The number of hydrogen-bond acceptors (Lipinski definition) is 1. The highest BCUT2D eigenvalue weighted by atomic mass is 19.2. The molecule has 2 unspecified atom stereocenters. The van der Waals surface area contributed by atoms with Crippen molar-refractivity contribution in [3.05, 3.63) is 95.8 Å². The van der Waals surface area contributed by atoms with E-state index in [0.29, 0.717) is 29.7 Å². The first kappa shape index (κ1) is 23.3. The highest BCUT2D eigenvalue weighted by Gasteiger charge is 2.24. The molecule has 172 valence electrons. The first-order valence-electron chi connectivity index (χ1n) is 11.6. The summed E-state index contributed by atoms with van der Waals surface area (Å²) in [6, 6.07) is 15.6. The highest BCUT2D eigenvalue weighted by molar-refractivity contribution is 5.71. The van der Waals surface area contributed by atoms with Gasteiger partial charge in [-0.3, -0.25) is 0 Å². The molecule has 1 nitrogen and oxygen atoms in total. The Morgan fingerprint density at radius 3 is 2.27 bits per heavy atom. The van der Waals surface area contributed by atoms with Crippen molar-refractivity contribution < 1.29 is 17.9 Å². The maximum absolute atomic E-state index is 15.0. The zero-order valence-electron chi connectivity index (χ0n) is 18.9. The van der Waals surface area contributed by atoms with Gasteiger partial charge in [-0.15, -0.1) is 6.58 Å². The lowest BCUT2D eigenvalue weighted by Crippen LogP contribution is -2.25. The molecule has 1 aliphatic heterocycles. The molecule has 0 saturated carbocycles. The van der Waals surface area contributed by atoms with Crippen LogP contribution in [0.15, 0.2) is 67.3 Å². The van der Waals surface area contributed by atoms with Gasteiger partial charge in [-0.1, -0.05) is 61.5 Å². The fourth-order valence-corrected chi connectivity index (χ4v) is 4.55. The summed E-state index contributed by atoms with van der Waals surface area (Å²) in [4.78, 5) is 0. The molecule has 33 heavy (non-hydrogen) atoms. The van der Waals surface area contributed by atoms with E-state index >= 15 is 0 Å². The monoisotopic (exact) mass is 450 g/mol. The zero-order valence-corrected chi connectivity index (χ0v) is 18.9. The molecule has 4 rings (SSSR count). The van der Waals surface area contributed by atoms with Gasteiger partial charge in [-0.2, -0.15) is 0 Å². The van der Waals surface area contributed by atoms with Gasteiger partial charge in [0.05, 0.1) is 12.7 Å². The standard InChI is InChI=1S/C29H29F3O/c1-3-5-6-24-14-11-23(18-33-24)25-15-13-22(17-27(25)30)20-7-9-21(10-8-20)26-16-12-19(4-2)28(31)29(26)32/h3,7-10,12-13,15-17,23-24H,1,4-6,11,14,18H2,2H3. The average molecular weight is 451 g/mol. The summed E-state index contributed by atoms with van der Waals surface area (Å²) < 4.78 is 49.6. The topological polar surface area (TPSA) is 9.23 Å². The summed E-state index contributed by atoms with van der Waals surface area (Å²) in [5.74, 6) is -1.81. The van der Waals surface area contributed by atoms with E-state index in [9.17, 15) is 13.2 Å². The van der Waals surface area contributed by atoms with Gasteiger partial charge in [0.25, 0.3) is 0 Å². The predicted molar refractivity (Wildman–Crippen MR) is 128 cm³/mol. The molecule has 0 aliphatic carbocycles. The summed E-state index contributed by atoms with van der Waals surface area (Å²) >= 11 is 0. The molecule has 1 saturated heterocycles. The Labute approximate surface area is 193 Å². The van der Waals surface area contributed by atoms with Crippen molar-refractivity contribution in [2.45, 2.75) is 51.0 Å². The van der Waals surface area contributed by atoms with Crippen LogP contribution in [0.25, 0.3) is 22.3 Å². The Morgan fingerprint density at radius 1 is 0.909 bits per heavy atom. The van der Waals surface area contributed by atoms with Crippen molar-refractivity contribution >= 4 is 0 Å². The molecule has 2 atom stereocenters. The Hall–Kier alpha value is -2.85. The molecule has 0 amide bonds. The third kappa shape index (κ3) is 5.06. The molecule has 0 N–H and O–H groups in total. The molecular formula is C29H29F3O. The number of aryl methyl sites for hydroxylation is 1. The van der Waals surface area contributed by atoms with Gasteiger partial charge in [0.2, 0.25) is 0 Å². The largest absolute Gasteiger partial charge is 0.378 e. The van der Waals surface area contributed by atoms with E-state index in [1.807, 2.05) is 30.3 Å². The predicted octanol–water partition coefficient (Wildman–Crippen LogP) is 8.23. The molecular weight excluding hydrogens is 421 g/mol. The van der Waals surface area contributed by atoms with Crippen LogP contribution in [0, 0.1) is 17.5 Å². The molecule has 0 bridgehead atoms. The maximum Gasteiger partial charge on any atom is 0.166 e. The van der Waals surface area contributed by atoms with E-state index in [-0.39, 0.29) is 23.4 Å².